The van der Waals surface area contributed by atoms with Gasteiger partial charge in [0, 0.05) is 13.0 Å². The SMILES string of the molecule is NCC1CC(=O)N(c2c(Cl)cccc2C(F)(F)F)C1. The largest absolute Gasteiger partial charge is 0.418 e. The van der Waals surface area contributed by atoms with Crippen molar-refractivity contribution in [3.05, 3.63) is 28.8 Å². The van der Waals surface area contributed by atoms with Gasteiger partial charge in [-0.25, -0.2) is 0 Å². The summed E-state index contributed by atoms with van der Waals surface area (Å²) in [6.07, 6.45) is -4.40. The Bertz CT molecular complexity index is 504. The Morgan fingerprint density at radius 1 is 1.42 bits per heavy atom. The lowest BCUT2D eigenvalue weighted by molar-refractivity contribution is -0.137. The first kappa shape index (κ1) is 14.1. The highest BCUT2D eigenvalue weighted by Gasteiger charge is 2.39. The fourth-order valence-corrected chi connectivity index (χ4v) is 2.45. The van der Waals surface area contributed by atoms with Gasteiger partial charge < -0.3 is 10.6 Å². The van der Waals surface area contributed by atoms with E-state index in [-0.39, 0.29) is 42.0 Å². The maximum Gasteiger partial charge on any atom is 0.418 e. The zero-order valence-electron chi connectivity index (χ0n) is 9.88. The molecule has 19 heavy (non-hydrogen) atoms. The van der Waals surface area contributed by atoms with Gasteiger partial charge in [-0.2, -0.15) is 13.2 Å². The molecule has 0 spiro atoms. The molecule has 1 aromatic carbocycles. The monoisotopic (exact) mass is 292 g/mol. The second-order valence-electron chi connectivity index (χ2n) is 4.44. The molecule has 1 atom stereocenters. The molecule has 0 aromatic heterocycles. The van der Waals surface area contributed by atoms with Gasteiger partial charge in [0.2, 0.25) is 5.91 Å². The number of anilines is 1. The number of halogens is 4. The minimum absolute atomic E-state index is 0.0825. The van der Waals surface area contributed by atoms with E-state index >= 15 is 0 Å². The quantitative estimate of drug-likeness (QED) is 0.911. The average Bonchev–Trinajstić information content (AvgIpc) is 2.69. The van der Waals surface area contributed by atoms with Crippen LogP contribution in [-0.2, 0) is 11.0 Å². The summed E-state index contributed by atoms with van der Waals surface area (Å²) in [4.78, 5) is 12.9. The lowest BCUT2D eigenvalue weighted by Gasteiger charge is -2.22. The van der Waals surface area contributed by atoms with Crippen molar-refractivity contribution in [3.8, 4) is 0 Å². The molecule has 0 bridgehead atoms. The summed E-state index contributed by atoms with van der Waals surface area (Å²) in [5.74, 6) is -0.515. The molecule has 0 aliphatic carbocycles. The van der Waals surface area contributed by atoms with Crippen molar-refractivity contribution in [2.24, 2.45) is 11.7 Å². The fraction of sp³-hybridized carbons (Fsp3) is 0.417. The first-order chi connectivity index (χ1) is 8.84. The number of benzene rings is 1. The number of carbonyl (C=O) groups excluding carboxylic acids is 1. The van der Waals surface area contributed by atoms with Crippen LogP contribution in [0.3, 0.4) is 0 Å². The van der Waals surface area contributed by atoms with Gasteiger partial charge in [0.25, 0.3) is 0 Å². The third kappa shape index (κ3) is 2.69. The maximum atomic E-state index is 13.0. The van der Waals surface area contributed by atoms with Gasteiger partial charge >= 0.3 is 6.18 Å². The van der Waals surface area contributed by atoms with Gasteiger partial charge in [0.1, 0.15) is 0 Å². The van der Waals surface area contributed by atoms with E-state index in [9.17, 15) is 18.0 Å². The first-order valence-electron chi connectivity index (χ1n) is 5.70. The van der Waals surface area contributed by atoms with E-state index in [2.05, 4.69) is 0 Å². The maximum absolute atomic E-state index is 13.0. The zero-order valence-corrected chi connectivity index (χ0v) is 10.6. The van der Waals surface area contributed by atoms with Crippen molar-refractivity contribution in [1.82, 2.24) is 0 Å². The molecule has 1 heterocycles. The van der Waals surface area contributed by atoms with Crippen LogP contribution in [0.5, 0.6) is 0 Å². The predicted octanol–water partition coefficient (Wildman–Crippen LogP) is 2.67. The highest BCUT2D eigenvalue weighted by atomic mass is 35.5. The van der Waals surface area contributed by atoms with E-state index in [1.807, 2.05) is 0 Å². The average molecular weight is 293 g/mol. The Morgan fingerprint density at radius 2 is 2.11 bits per heavy atom. The minimum atomic E-state index is -4.55. The van der Waals surface area contributed by atoms with Crippen molar-refractivity contribution >= 4 is 23.2 Å². The number of hydrogen-bond donors (Lipinski definition) is 1. The van der Waals surface area contributed by atoms with E-state index in [1.54, 1.807) is 0 Å². The third-order valence-electron chi connectivity index (χ3n) is 3.10. The molecule has 0 saturated carbocycles. The summed E-state index contributed by atoms with van der Waals surface area (Å²) < 4.78 is 38.9. The number of nitrogens with zero attached hydrogens (tertiary/aromatic N) is 1. The highest BCUT2D eigenvalue weighted by Crippen LogP contribution is 2.42. The highest BCUT2D eigenvalue weighted by molar-refractivity contribution is 6.34. The van der Waals surface area contributed by atoms with E-state index in [0.717, 1.165) is 11.0 Å². The smallest absolute Gasteiger partial charge is 0.330 e. The molecule has 1 aromatic rings. The third-order valence-corrected chi connectivity index (χ3v) is 3.41. The summed E-state index contributed by atoms with van der Waals surface area (Å²) in [5.41, 5.74) is 4.30. The van der Waals surface area contributed by atoms with Crippen LogP contribution in [0.25, 0.3) is 0 Å². The van der Waals surface area contributed by atoms with Crippen LogP contribution in [0.1, 0.15) is 12.0 Å². The van der Waals surface area contributed by atoms with Gasteiger partial charge in [-0.15, -0.1) is 0 Å². The normalized spacial score (nSPS) is 20.2. The molecule has 3 nitrogen and oxygen atoms in total. The zero-order chi connectivity index (χ0) is 14.2. The number of para-hydroxylation sites is 1. The molecule has 2 N–H and O–H groups in total. The van der Waals surface area contributed by atoms with E-state index < -0.39 is 11.7 Å². The molecule has 2 rings (SSSR count). The predicted molar refractivity (Wildman–Crippen MR) is 66.0 cm³/mol. The first-order valence-corrected chi connectivity index (χ1v) is 6.08. The number of hydrogen-bond acceptors (Lipinski definition) is 2. The van der Waals surface area contributed by atoms with E-state index in [1.165, 1.54) is 12.1 Å². The molecule has 1 aliphatic rings. The van der Waals surface area contributed by atoms with Crippen LogP contribution < -0.4 is 10.6 Å². The summed E-state index contributed by atoms with van der Waals surface area (Å²) in [5, 5.41) is -0.0825. The van der Waals surface area contributed by atoms with Crippen molar-refractivity contribution < 1.29 is 18.0 Å². The molecule has 0 radical (unpaired) electrons. The molecule has 1 aliphatic heterocycles. The van der Waals surface area contributed by atoms with Gasteiger partial charge in [-0.1, -0.05) is 17.7 Å². The second-order valence-corrected chi connectivity index (χ2v) is 4.85. The van der Waals surface area contributed by atoms with Crippen LogP contribution in [0.2, 0.25) is 5.02 Å². The number of carbonyl (C=O) groups is 1. The van der Waals surface area contributed by atoms with Crippen molar-refractivity contribution in [2.45, 2.75) is 12.6 Å². The minimum Gasteiger partial charge on any atom is -0.330 e. The molecular formula is C12H12ClF3N2O. The summed E-state index contributed by atoms with van der Waals surface area (Å²) >= 11 is 5.85. The lowest BCUT2D eigenvalue weighted by atomic mass is 10.1. The topological polar surface area (TPSA) is 46.3 Å². The summed E-state index contributed by atoms with van der Waals surface area (Å²) in [7, 11) is 0. The number of amides is 1. The Labute approximate surface area is 113 Å². The van der Waals surface area contributed by atoms with Gasteiger partial charge in [0.15, 0.2) is 0 Å². The number of rotatable bonds is 2. The molecular weight excluding hydrogens is 281 g/mol. The Hall–Kier alpha value is -1.27. The van der Waals surface area contributed by atoms with Gasteiger partial charge in [-0.05, 0) is 24.6 Å². The van der Waals surface area contributed by atoms with Crippen LogP contribution >= 0.6 is 11.6 Å². The Morgan fingerprint density at radius 3 is 2.63 bits per heavy atom. The van der Waals surface area contributed by atoms with Gasteiger partial charge in [-0.3, -0.25) is 4.79 Å². The number of alkyl halides is 3. The summed E-state index contributed by atoms with van der Waals surface area (Å²) in [6.45, 7) is 0.427. The molecule has 1 unspecified atom stereocenters. The lowest BCUT2D eigenvalue weighted by Crippen LogP contribution is -2.28. The molecule has 1 fully saturated rings. The fourth-order valence-electron chi connectivity index (χ4n) is 2.17. The molecule has 1 amide bonds. The standard InChI is InChI=1S/C12H12ClF3N2O/c13-9-3-1-2-8(12(14,15)16)11(9)18-6-7(5-17)4-10(18)19/h1-3,7H,4-6,17H2. The molecule has 1 saturated heterocycles. The molecule has 7 heteroatoms. The van der Waals surface area contributed by atoms with Crippen LogP contribution in [0.4, 0.5) is 18.9 Å². The van der Waals surface area contributed by atoms with Crippen LogP contribution in [0.15, 0.2) is 18.2 Å². The van der Waals surface area contributed by atoms with E-state index in [4.69, 9.17) is 17.3 Å². The molecule has 104 valence electrons. The van der Waals surface area contributed by atoms with Crippen LogP contribution in [-0.4, -0.2) is 19.0 Å². The van der Waals surface area contributed by atoms with E-state index in [0.29, 0.717) is 0 Å². The Balaban J connectivity index is 2.48. The summed E-state index contributed by atoms with van der Waals surface area (Å²) in [6, 6.07) is 3.48. The Kier molecular flexibility index (Phi) is 3.73. The second kappa shape index (κ2) is 5.02. The van der Waals surface area contributed by atoms with Crippen molar-refractivity contribution in [2.75, 3.05) is 18.0 Å². The van der Waals surface area contributed by atoms with Crippen LogP contribution in [0, 0.1) is 5.92 Å². The van der Waals surface area contributed by atoms with Gasteiger partial charge in [0.05, 0.1) is 16.3 Å². The van der Waals surface area contributed by atoms with Crippen molar-refractivity contribution in [1.29, 1.82) is 0 Å². The van der Waals surface area contributed by atoms with Crippen molar-refractivity contribution in [3.63, 3.8) is 0 Å². The number of nitrogens with two attached hydrogens (primary N) is 1.